The first-order valence-electron chi connectivity index (χ1n) is 8.57. The molecule has 3 aromatic rings. The van der Waals surface area contributed by atoms with E-state index in [1.165, 1.54) is 42.5 Å². The fourth-order valence-electron chi connectivity index (χ4n) is 2.51. The van der Waals surface area contributed by atoms with Crippen molar-refractivity contribution in [3.63, 3.8) is 0 Å². The molecule has 0 aliphatic heterocycles. The zero-order valence-electron chi connectivity index (χ0n) is 15.7. The molecule has 2 aromatic carbocycles. The summed E-state index contributed by atoms with van der Waals surface area (Å²) in [5.41, 5.74) is 1.67. The van der Waals surface area contributed by atoms with E-state index in [4.69, 9.17) is 4.74 Å². The first kappa shape index (κ1) is 20.7. The molecule has 7 nitrogen and oxygen atoms in total. The van der Waals surface area contributed by atoms with Crippen LogP contribution in [0.15, 0.2) is 60.0 Å². The summed E-state index contributed by atoms with van der Waals surface area (Å²) in [7, 11) is -3.40. The van der Waals surface area contributed by atoms with Crippen LogP contribution in [-0.4, -0.2) is 37.5 Å². The van der Waals surface area contributed by atoms with Crippen LogP contribution < -0.4 is 4.72 Å². The highest BCUT2D eigenvalue weighted by molar-refractivity contribution is 7.92. The zero-order chi connectivity index (χ0) is 21.0. The van der Waals surface area contributed by atoms with Crippen LogP contribution in [0.1, 0.15) is 27.8 Å². The largest absolute Gasteiger partial charge is 0.450 e. The van der Waals surface area contributed by atoms with Crippen molar-refractivity contribution in [1.82, 2.24) is 4.98 Å². The van der Waals surface area contributed by atoms with Crippen molar-refractivity contribution in [2.24, 2.45) is 0 Å². The van der Waals surface area contributed by atoms with E-state index in [-0.39, 0.29) is 5.69 Å². The third-order valence-corrected chi connectivity index (χ3v) is 5.36. The van der Waals surface area contributed by atoms with Gasteiger partial charge in [-0.3, -0.25) is 9.52 Å². The van der Waals surface area contributed by atoms with Gasteiger partial charge < -0.3 is 4.74 Å². The average Bonchev–Trinajstić information content (AvgIpc) is 3.18. The predicted molar refractivity (Wildman–Crippen MR) is 112 cm³/mol. The fourth-order valence-corrected chi connectivity index (χ4v) is 3.87. The molecule has 1 aromatic heterocycles. The molecule has 0 aliphatic carbocycles. The minimum absolute atomic E-state index is 0.140. The van der Waals surface area contributed by atoms with E-state index in [0.29, 0.717) is 16.3 Å². The molecule has 0 saturated heterocycles. The number of hydrogen-bond donors (Lipinski definition) is 1. The lowest BCUT2D eigenvalue weighted by molar-refractivity contribution is 0.0314. The number of sulfonamides is 1. The number of thiazole rings is 1. The fraction of sp³-hybridized carbons (Fsp3) is 0.150. The maximum atomic E-state index is 12.5. The standard InChI is InChI=1S/C20H18N2O5S2/c1-13(18(23)14-8-10-16(11-9-14)22-29(2,25)26)27-20(24)17-12-28-19(21-17)15-6-4-3-5-7-15/h3-13,22H,1-2H3. The highest BCUT2D eigenvalue weighted by atomic mass is 32.2. The molecule has 0 radical (unpaired) electrons. The highest BCUT2D eigenvalue weighted by Gasteiger charge is 2.22. The summed E-state index contributed by atoms with van der Waals surface area (Å²) in [6.45, 7) is 1.48. The Labute approximate surface area is 172 Å². The summed E-state index contributed by atoms with van der Waals surface area (Å²) in [6.07, 6.45) is 0.0213. The maximum Gasteiger partial charge on any atom is 0.358 e. The van der Waals surface area contributed by atoms with Crippen molar-refractivity contribution >= 4 is 38.8 Å². The number of nitrogens with one attached hydrogen (secondary N) is 1. The molecule has 150 valence electrons. The molecule has 1 unspecified atom stereocenters. The molecule has 1 heterocycles. The molecule has 1 N–H and O–H groups in total. The molecule has 0 fully saturated rings. The van der Waals surface area contributed by atoms with Crippen molar-refractivity contribution < 1.29 is 22.7 Å². The van der Waals surface area contributed by atoms with Gasteiger partial charge in [-0.25, -0.2) is 18.2 Å². The summed E-state index contributed by atoms with van der Waals surface area (Å²) < 4.78 is 30.0. The van der Waals surface area contributed by atoms with Crippen LogP contribution in [0.2, 0.25) is 0 Å². The predicted octanol–water partition coefficient (Wildman–Crippen LogP) is 3.61. The number of ether oxygens (including phenoxy) is 1. The third kappa shape index (κ3) is 5.49. The smallest absolute Gasteiger partial charge is 0.358 e. The second-order valence-electron chi connectivity index (χ2n) is 6.27. The molecular weight excluding hydrogens is 412 g/mol. The van der Waals surface area contributed by atoms with Crippen molar-refractivity contribution in [3.8, 4) is 10.6 Å². The van der Waals surface area contributed by atoms with Gasteiger partial charge in [0.05, 0.1) is 6.26 Å². The van der Waals surface area contributed by atoms with E-state index < -0.39 is 27.9 Å². The van der Waals surface area contributed by atoms with E-state index in [1.807, 2.05) is 30.3 Å². The van der Waals surface area contributed by atoms with Crippen LogP contribution in [0.25, 0.3) is 10.6 Å². The summed E-state index contributed by atoms with van der Waals surface area (Å²) in [5, 5.41) is 2.28. The lowest BCUT2D eigenvalue weighted by atomic mass is 10.1. The van der Waals surface area contributed by atoms with Gasteiger partial charge in [0.2, 0.25) is 15.8 Å². The van der Waals surface area contributed by atoms with Crippen LogP contribution in [0.3, 0.4) is 0 Å². The normalized spacial score (nSPS) is 12.2. The number of anilines is 1. The van der Waals surface area contributed by atoms with E-state index in [9.17, 15) is 18.0 Å². The number of carbonyl (C=O) groups is 2. The summed E-state index contributed by atoms with van der Waals surface area (Å²) in [6, 6.07) is 15.3. The first-order chi connectivity index (χ1) is 13.7. The van der Waals surface area contributed by atoms with Crippen LogP contribution in [0.5, 0.6) is 0 Å². The van der Waals surface area contributed by atoms with Gasteiger partial charge in [0.15, 0.2) is 11.8 Å². The molecule has 3 rings (SSSR count). The molecule has 29 heavy (non-hydrogen) atoms. The first-order valence-corrected chi connectivity index (χ1v) is 11.3. The molecule has 9 heteroatoms. The number of carbonyl (C=O) groups excluding carboxylic acids is 2. The Kier molecular flexibility index (Phi) is 6.09. The molecule has 0 spiro atoms. The molecule has 1 atom stereocenters. The van der Waals surface area contributed by atoms with Crippen LogP contribution >= 0.6 is 11.3 Å². The second kappa shape index (κ2) is 8.54. The number of nitrogens with zero attached hydrogens (tertiary/aromatic N) is 1. The van der Waals surface area contributed by atoms with Gasteiger partial charge in [-0.05, 0) is 31.2 Å². The van der Waals surface area contributed by atoms with Crippen LogP contribution in [0, 0.1) is 0 Å². The molecule has 0 aliphatic rings. The van der Waals surface area contributed by atoms with Crippen molar-refractivity contribution in [2.45, 2.75) is 13.0 Å². The van der Waals surface area contributed by atoms with E-state index in [2.05, 4.69) is 9.71 Å². The minimum atomic E-state index is -3.40. The van der Waals surface area contributed by atoms with Crippen LogP contribution in [0.4, 0.5) is 5.69 Å². The van der Waals surface area contributed by atoms with E-state index in [0.717, 1.165) is 11.8 Å². The van der Waals surface area contributed by atoms with Gasteiger partial charge in [0, 0.05) is 22.2 Å². The lowest BCUT2D eigenvalue weighted by Gasteiger charge is -2.12. The SMILES string of the molecule is CC(OC(=O)c1csc(-c2ccccc2)n1)C(=O)c1ccc(NS(C)(=O)=O)cc1. The summed E-state index contributed by atoms with van der Waals surface area (Å²) in [4.78, 5) is 29.1. The number of benzene rings is 2. The van der Waals surface area contributed by atoms with Crippen molar-refractivity contribution in [1.29, 1.82) is 0 Å². The van der Waals surface area contributed by atoms with E-state index in [1.54, 1.807) is 5.38 Å². The molecule has 0 bridgehead atoms. The van der Waals surface area contributed by atoms with Gasteiger partial charge in [-0.15, -0.1) is 11.3 Å². The Hall–Kier alpha value is -3.04. The maximum absolute atomic E-state index is 12.5. The topological polar surface area (TPSA) is 102 Å². The van der Waals surface area contributed by atoms with Gasteiger partial charge in [0.25, 0.3) is 0 Å². The minimum Gasteiger partial charge on any atom is -0.450 e. The van der Waals surface area contributed by atoms with Crippen molar-refractivity contribution in [3.05, 3.63) is 71.2 Å². The van der Waals surface area contributed by atoms with Crippen molar-refractivity contribution in [2.75, 3.05) is 11.0 Å². The zero-order valence-corrected chi connectivity index (χ0v) is 17.3. The number of rotatable bonds is 7. The second-order valence-corrected chi connectivity index (χ2v) is 8.87. The lowest BCUT2D eigenvalue weighted by Crippen LogP contribution is -2.24. The Morgan fingerprint density at radius 3 is 2.34 bits per heavy atom. The number of aromatic nitrogens is 1. The van der Waals surface area contributed by atoms with Crippen LogP contribution in [-0.2, 0) is 14.8 Å². The number of Topliss-reactive ketones (excluding diaryl/α,β-unsaturated/α-hetero) is 1. The van der Waals surface area contributed by atoms with Gasteiger partial charge in [0.1, 0.15) is 5.01 Å². The number of ketones is 1. The Balaban J connectivity index is 1.65. The summed E-state index contributed by atoms with van der Waals surface area (Å²) in [5.74, 6) is -1.08. The highest BCUT2D eigenvalue weighted by Crippen LogP contribution is 2.24. The van der Waals surface area contributed by atoms with Gasteiger partial charge in [-0.1, -0.05) is 30.3 Å². The van der Waals surface area contributed by atoms with Gasteiger partial charge in [-0.2, -0.15) is 0 Å². The monoisotopic (exact) mass is 430 g/mol. The third-order valence-electron chi connectivity index (χ3n) is 3.86. The average molecular weight is 431 g/mol. The summed E-state index contributed by atoms with van der Waals surface area (Å²) >= 11 is 1.32. The molecule has 0 saturated carbocycles. The Bertz CT molecular complexity index is 1120. The number of esters is 1. The van der Waals surface area contributed by atoms with E-state index >= 15 is 0 Å². The quantitative estimate of drug-likeness (QED) is 0.454. The Morgan fingerprint density at radius 1 is 1.07 bits per heavy atom. The molecule has 0 amide bonds. The Morgan fingerprint density at radius 2 is 1.72 bits per heavy atom. The van der Waals surface area contributed by atoms with Gasteiger partial charge >= 0.3 is 5.97 Å². The molecular formula is C20H18N2O5S2. The number of hydrogen-bond acceptors (Lipinski definition) is 7.